The average molecular weight is 413 g/mol. The highest BCUT2D eigenvalue weighted by Crippen LogP contribution is 2.50. The van der Waals surface area contributed by atoms with Gasteiger partial charge in [-0.05, 0) is 30.0 Å². The lowest BCUT2D eigenvalue weighted by Gasteiger charge is -2.35. The second kappa shape index (κ2) is 7.30. The summed E-state index contributed by atoms with van der Waals surface area (Å²) in [6.45, 7) is 1.81. The summed E-state index contributed by atoms with van der Waals surface area (Å²) in [6, 6.07) is 5.83. The summed E-state index contributed by atoms with van der Waals surface area (Å²) < 4.78 is 10.8. The summed E-state index contributed by atoms with van der Waals surface area (Å²) in [5.41, 5.74) is 1.09. The Morgan fingerprint density at radius 1 is 0.933 bits per heavy atom. The van der Waals surface area contributed by atoms with E-state index in [2.05, 4.69) is 0 Å². The molecule has 3 fully saturated rings. The van der Waals surface area contributed by atoms with Gasteiger partial charge in [-0.2, -0.15) is 0 Å². The Bertz CT molecular complexity index is 907. The van der Waals surface area contributed by atoms with E-state index in [4.69, 9.17) is 9.47 Å². The number of benzene rings is 1. The molecule has 1 aromatic carbocycles. The van der Waals surface area contributed by atoms with Crippen molar-refractivity contribution < 1.29 is 28.7 Å². The van der Waals surface area contributed by atoms with Crippen molar-refractivity contribution in [3.05, 3.63) is 23.8 Å². The predicted octanol–water partition coefficient (Wildman–Crippen LogP) is 0.339. The van der Waals surface area contributed by atoms with Crippen molar-refractivity contribution >= 4 is 23.6 Å². The van der Waals surface area contributed by atoms with Crippen LogP contribution < -0.4 is 9.47 Å². The maximum Gasteiger partial charge on any atom is 0.242 e. The molecule has 9 nitrogen and oxygen atoms in total. The Balaban J connectivity index is 1.13. The molecule has 4 amide bonds. The number of carbonyl (C=O) groups is 4. The highest BCUT2D eigenvalue weighted by molar-refractivity contribution is 6.04. The van der Waals surface area contributed by atoms with Crippen LogP contribution in [0, 0.1) is 5.92 Å². The van der Waals surface area contributed by atoms with Gasteiger partial charge < -0.3 is 19.3 Å². The molecule has 2 unspecified atom stereocenters. The van der Waals surface area contributed by atoms with E-state index in [1.807, 2.05) is 23.1 Å². The molecule has 1 aliphatic carbocycles. The van der Waals surface area contributed by atoms with Crippen LogP contribution >= 0.6 is 0 Å². The smallest absolute Gasteiger partial charge is 0.242 e. The zero-order valence-electron chi connectivity index (χ0n) is 16.5. The second-order valence-corrected chi connectivity index (χ2v) is 8.14. The van der Waals surface area contributed by atoms with E-state index >= 15 is 0 Å². The molecule has 1 aromatic rings. The maximum absolute atomic E-state index is 12.9. The van der Waals surface area contributed by atoms with Gasteiger partial charge in [-0.1, -0.05) is 6.07 Å². The normalized spacial score (nSPS) is 25.1. The van der Waals surface area contributed by atoms with Crippen LogP contribution in [-0.4, -0.2) is 77.8 Å². The number of imide groups is 1. The molecule has 158 valence electrons. The van der Waals surface area contributed by atoms with Crippen LogP contribution in [0.25, 0.3) is 0 Å². The van der Waals surface area contributed by atoms with Crippen molar-refractivity contribution in [3.63, 3.8) is 0 Å². The van der Waals surface area contributed by atoms with E-state index in [1.165, 1.54) is 0 Å². The summed E-state index contributed by atoms with van der Waals surface area (Å²) in [5.74, 6) is 0.931. The average Bonchev–Trinajstić information content (AvgIpc) is 3.32. The summed E-state index contributed by atoms with van der Waals surface area (Å²) >= 11 is 0. The van der Waals surface area contributed by atoms with Gasteiger partial charge in [0.05, 0.1) is 0 Å². The van der Waals surface area contributed by atoms with Gasteiger partial charge in [0.25, 0.3) is 0 Å². The molecular weight excluding hydrogens is 390 g/mol. The minimum atomic E-state index is -0.287. The molecule has 9 heteroatoms. The molecular formula is C21H23N3O6. The zero-order valence-corrected chi connectivity index (χ0v) is 16.5. The van der Waals surface area contributed by atoms with Crippen molar-refractivity contribution in [2.24, 2.45) is 5.92 Å². The van der Waals surface area contributed by atoms with Crippen LogP contribution in [0.2, 0.25) is 0 Å². The van der Waals surface area contributed by atoms with Crippen LogP contribution in [0.3, 0.4) is 0 Å². The SMILES string of the molecule is O=C(CN1C(=O)CCC1=O)N1CCN(C(=O)C2CC2c2ccc3c(c2)OCO3)CC1. The minimum Gasteiger partial charge on any atom is -0.454 e. The molecule has 0 radical (unpaired) electrons. The summed E-state index contributed by atoms with van der Waals surface area (Å²) in [5, 5.41) is 0. The second-order valence-electron chi connectivity index (χ2n) is 8.14. The molecule has 1 saturated carbocycles. The van der Waals surface area contributed by atoms with Gasteiger partial charge in [0, 0.05) is 44.9 Å². The van der Waals surface area contributed by atoms with Crippen LogP contribution in [0.15, 0.2) is 18.2 Å². The summed E-state index contributed by atoms with van der Waals surface area (Å²) in [4.78, 5) is 53.2. The Kier molecular flexibility index (Phi) is 4.60. The van der Waals surface area contributed by atoms with Crippen molar-refractivity contribution in [3.8, 4) is 11.5 Å². The molecule has 0 N–H and O–H groups in total. The molecule has 3 aliphatic heterocycles. The van der Waals surface area contributed by atoms with Crippen LogP contribution in [-0.2, 0) is 19.2 Å². The fourth-order valence-electron chi connectivity index (χ4n) is 4.43. The third-order valence-electron chi connectivity index (χ3n) is 6.32. The highest BCUT2D eigenvalue weighted by Gasteiger charge is 2.46. The van der Waals surface area contributed by atoms with E-state index in [1.54, 1.807) is 4.90 Å². The van der Waals surface area contributed by atoms with Gasteiger partial charge in [0.15, 0.2) is 11.5 Å². The highest BCUT2D eigenvalue weighted by atomic mass is 16.7. The lowest BCUT2D eigenvalue weighted by atomic mass is 10.1. The number of ether oxygens (including phenoxy) is 2. The third-order valence-corrected chi connectivity index (χ3v) is 6.32. The number of hydrogen-bond donors (Lipinski definition) is 0. The Morgan fingerprint density at radius 3 is 2.33 bits per heavy atom. The van der Waals surface area contributed by atoms with Gasteiger partial charge in [-0.25, -0.2) is 0 Å². The lowest BCUT2D eigenvalue weighted by Crippen LogP contribution is -2.53. The standard InChI is InChI=1S/C21H23N3O6/c25-18-3-4-19(26)24(18)11-20(27)22-5-7-23(8-6-22)21(28)15-10-14(15)13-1-2-16-17(9-13)30-12-29-16/h1-2,9,14-15H,3-8,10-12H2. The molecule has 2 saturated heterocycles. The van der Waals surface area contributed by atoms with E-state index in [0.29, 0.717) is 26.2 Å². The monoisotopic (exact) mass is 413 g/mol. The first-order valence-corrected chi connectivity index (χ1v) is 10.3. The molecule has 30 heavy (non-hydrogen) atoms. The quantitative estimate of drug-likeness (QED) is 0.661. The molecule has 4 aliphatic rings. The van der Waals surface area contributed by atoms with E-state index < -0.39 is 0 Å². The molecule has 0 aromatic heterocycles. The largest absolute Gasteiger partial charge is 0.454 e. The predicted molar refractivity (Wildman–Crippen MR) is 103 cm³/mol. The topological polar surface area (TPSA) is 96.5 Å². The lowest BCUT2D eigenvalue weighted by molar-refractivity contribution is -0.147. The Labute approximate surface area is 173 Å². The van der Waals surface area contributed by atoms with Crippen LogP contribution in [0.1, 0.15) is 30.7 Å². The molecule has 2 atom stereocenters. The summed E-state index contributed by atoms with van der Waals surface area (Å²) in [7, 11) is 0. The number of nitrogens with zero attached hydrogens (tertiary/aromatic N) is 3. The number of rotatable bonds is 4. The Morgan fingerprint density at radius 2 is 1.60 bits per heavy atom. The number of piperazine rings is 1. The molecule has 0 spiro atoms. The van der Waals surface area contributed by atoms with Crippen molar-refractivity contribution in [1.29, 1.82) is 0 Å². The summed E-state index contributed by atoms with van der Waals surface area (Å²) in [6.07, 6.45) is 1.18. The van der Waals surface area contributed by atoms with Crippen molar-refractivity contribution in [2.45, 2.75) is 25.2 Å². The molecule has 0 bridgehead atoms. The Hall–Kier alpha value is -3.10. The number of likely N-dealkylation sites (tertiary alicyclic amines) is 1. The fraction of sp³-hybridized carbons (Fsp3) is 0.524. The number of carbonyl (C=O) groups excluding carboxylic acids is 4. The van der Waals surface area contributed by atoms with Gasteiger partial charge in [-0.15, -0.1) is 0 Å². The van der Waals surface area contributed by atoms with Gasteiger partial charge in [0.1, 0.15) is 6.54 Å². The number of amides is 4. The van der Waals surface area contributed by atoms with E-state index in [0.717, 1.165) is 28.4 Å². The molecule has 3 heterocycles. The maximum atomic E-state index is 12.9. The van der Waals surface area contributed by atoms with Gasteiger partial charge in [0.2, 0.25) is 30.4 Å². The minimum absolute atomic E-state index is 0.0348. The van der Waals surface area contributed by atoms with E-state index in [9.17, 15) is 19.2 Å². The first kappa shape index (κ1) is 18.9. The number of fused-ring (bicyclic) bond motifs is 1. The third kappa shape index (κ3) is 3.38. The first-order chi connectivity index (χ1) is 14.5. The van der Waals surface area contributed by atoms with E-state index in [-0.39, 0.29) is 61.6 Å². The van der Waals surface area contributed by atoms with Crippen molar-refractivity contribution in [1.82, 2.24) is 14.7 Å². The number of hydrogen-bond acceptors (Lipinski definition) is 6. The van der Waals surface area contributed by atoms with Crippen molar-refractivity contribution in [2.75, 3.05) is 39.5 Å². The molecule has 5 rings (SSSR count). The van der Waals surface area contributed by atoms with Gasteiger partial charge >= 0.3 is 0 Å². The van der Waals surface area contributed by atoms with Crippen LogP contribution in [0.5, 0.6) is 11.5 Å². The van der Waals surface area contributed by atoms with Gasteiger partial charge in [-0.3, -0.25) is 24.1 Å². The van der Waals surface area contributed by atoms with Crippen LogP contribution in [0.4, 0.5) is 0 Å². The fourth-order valence-corrected chi connectivity index (χ4v) is 4.43. The zero-order chi connectivity index (χ0) is 20.8. The first-order valence-electron chi connectivity index (χ1n) is 10.3.